The fraction of sp³-hybridized carbons (Fsp3) is 0.238. The number of carbonyl (C=O) groups excluding carboxylic acids is 1. The number of benzene rings is 2. The molecule has 2 aromatic heterocycles. The number of nitrogens with zero attached hydrogens (tertiary/aromatic N) is 4. The molecule has 1 amide bonds. The van der Waals surface area contributed by atoms with Gasteiger partial charge in [-0.05, 0) is 50.1 Å². The Balaban J connectivity index is 1.52. The molecule has 0 bridgehead atoms. The Kier molecular flexibility index (Phi) is 5.00. The number of hydrogen-bond acceptors (Lipinski definition) is 5. The first-order valence-electron chi connectivity index (χ1n) is 9.18. The summed E-state index contributed by atoms with van der Waals surface area (Å²) in [5.41, 5.74) is 5.84. The minimum Gasteiger partial charge on any atom is -0.325 e. The Morgan fingerprint density at radius 2 is 1.93 bits per heavy atom. The van der Waals surface area contributed by atoms with Crippen LogP contribution in [0.2, 0.25) is 0 Å². The third-order valence-corrected chi connectivity index (χ3v) is 5.63. The summed E-state index contributed by atoms with van der Waals surface area (Å²) in [6, 6.07) is 14.0. The Morgan fingerprint density at radius 3 is 2.71 bits per heavy atom. The van der Waals surface area contributed by atoms with Crippen LogP contribution in [0.15, 0.2) is 47.6 Å². The molecule has 0 radical (unpaired) electrons. The number of para-hydroxylation sites is 1. The monoisotopic (exact) mass is 391 g/mol. The second kappa shape index (κ2) is 7.59. The number of amides is 1. The summed E-state index contributed by atoms with van der Waals surface area (Å²) in [6.07, 6.45) is 0. The Morgan fingerprint density at radius 1 is 1.11 bits per heavy atom. The minimum atomic E-state index is -0.0898. The van der Waals surface area contributed by atoms with Crippen molar-refractivity contribution < 1.29 is 4.79 Å². The molecule has 2 heterocycles. The molecular formula is C21H21N5OS. The highest BCUT2D eigenvalue weighted by molar-refractivity contribution is 7.99. The van der Waals surface area contributed by atoms with Gasteiger partial charge in [-0.2, -0.15) is 0 Å². The van der Waals surface area contributed by atoms with E-state index in [0.29, 0.717) is 5.16 Å². The molecule has 0 saturated heterocycles. The molecule has 142 valence electrons. The van der Waals surface area contributed by atoms with Gasteiger partial charge in [-0.25, -0.2) is 4.98 Å². The number of aromatic nitrogens is 4. The largest absolute Gasteiger partial charge is 0.325 e. The van der Waals surface area contributed by atoms with Gasteiger partial charge >= 0.3 is 0 Å². The molecule has 0 aliphatic heterocycles. The Hall–Kier alpha value is -2.93. The zero-order valence-electron chi connectivity index (χ0n) is 16.1. The summed E-state index contributed by atoms with van der Waals surface area (Å²) in [4.78, 5) is 17.0. The summed E-state index contributed by atoms with van der Waals surface area (Å²) in [6.45, 7) is 6.95. The highest BCUT2D eigenvalue weighted by atomic mass is 32.2. The van der Waals surface area contributed by atoms with Gasteiger partial charge in [0.25, 0.3) is 0 Å². The van der Waals surface area contributed by atoms with Gasteiger partial charge in [0, 0.05) is 17.6 Å². The standard InChI is InChI=1S/C21H21N5OS/c1-4-26-17-8-6-5-7-16(17)19-20(26)23-21(25-24-19)28-12-18(27)22-15-10-9-13(2)14(3)11-15/h5-11H,4,12H2,1-3H3,(H,22,27). The number of thioether (sulfide) groups is 1. The predicted molar refractivity (Wildman–Crippen MR) is 114 cm³/mol. The van der Waals surface area contributed by atoms with E-state index in [4.69, 9.17) is 0 Å². The lowest BCUT2D eigenvalue weighted by molar-refractivity contribution is -0.113. The molecule has 0 unspecified atom stereocenters. The van der Waals surface area contributed by atoms with E-state index in [1.807, 2.05) is 50.2 Å². The van der Waals surface area contributed by atoms with Crippen molar-refractivity contribution in [2.75, 3.05) is 11.1 Å². The molecule has 0 fully saturated rings. The number of nitrogens with one attached hydrogen (secondary N) is 1. The van der Waals surface area contributed by atoms with Crippen LogP contribution in [-0.4, -0.2) is 31.4 Å². The second-order valence-corrected chi connectivity index (χ2v) is 7.61. The van der Waals surface area contributed by atoms with E-state index in [1.54, 1.807) is 0 Å². The molecule has 6 nitrogen and oxygen atoms in total. The van der Waals surface area contributed by atoms with Crippen molar-refractivity contribution in [3.63, 3.8) is 0 Å². The van der Waals surface area contributed by atoms with Crippen LogP contribution in [0.5, 0.6) is 0 Å². The summed E-state index contributed by atoms with van der Waals surface area (Å²) >= 11 is 1.29. The predicted octanol–water partition coefficient (Wildman–Crippen LogP) is 4.35. The molecule has 4 aromatic rings. The summed E-state index contributed by atoms with van der Waals surface area (Å²) in [5.74, 6) is 0.139. The maximum atomic E-state index is 12.3. The van der Waals surface area contributed by atoms with Crippen molar-refractivity contribution in [3.05, 3.63) is 53.6 Å². The van der Waals surface area contributed by atoms with Crippen LogP contribution in [0.25, 0.3) is 22.1 Å². The van der Waals surface area contributed by atoms with E-state index in [0.717, 1.165) is 39.9 Å². The number of hydrogen-bond donors (Lipinski definition) is 1. The van der Waals surface area contributed by atoms with Crippen molar-refractivity contribution in [2.45, 2.75) is 32.5 Å². The van der Waals surface area contributed by atoms with Crippen molar-refractivity contribution in [3.8, 4) is 0 Å². The van der Waals surface area contributed by atoms with Crippen molar-refractivity contribution in [1.82, 2.24) is 19.7 Å². The van der Waals surface area contributed by atoms with E-state index in [1.165, 1.54) is 17.3 Å². The third kappa shape index (κ3) is 3.45. The van der Waals surface area contributed by atoms with Crippen LogP contribution in [0.1, 0.15) is 18.1 Å². The summed E-state index contributed by atoms with van der Waals surface area (Å²) in [7, 11) is 0. The Labute approximate surface area is 167 Å². The SMILES string of the molecule is CCn1c2ccccc2c2nnc(SCC(=O)Nc3ccc(C)c(C)c3)nc21. The van der Waals surface area contributed by atoms with Crippen molar-refractivity contribution in [1.29, 1.82) is 0 Å². The van der Waals surface area contributed by atoms with Gasteiger partial charge in [-0.15, -0.1) is 10.2 Å². The van der Waals surface area contributed by atoms with Crippen LogP contribution in [-0.2, 0) is 11.3 Å². The van der Waals surface area contributed by atoms with E-state index < -0.39 is 0 Å². The van der Waals surface area contributed by atoms with Crippen molar-refractivity contribution >= 4 is 45.4 Å². The van der Waals surface area contributed by atoms with Crippen LogP contribution in [0, 0.1) is 13.8 Å². The quantitative estimate of drug-likeness (QED) is 0.512. The van der Waals surface area contributed by atoms with Gasteiger partial charge in [-0.1, -0.05) is 36.0 Å². The molecule has 4 rings (SSSR count). The van der Waals surface area contributed by atoms with Crippen molar-refractivity contribution in [2.24, 2.45) is 0 Å². The molecule has 2 aromatic carbocycles. The van der Waals surface area contributed by atoms with Gasteiger partial charge < -0.3 is 9.88 Å². The molecule has 28 heavy (non-hydrogen) atoms. The fourth-order valence-electron chi connectivity index (χ4n) is 3.22. The third-order valence-electron chi connectivity index (χ3n) is 4.79. The summed E-state index contributed by atoms with van der Waals surface area (Å²) in [5, 5.41) is 13.1. The van der Waals surface area contributed by atoms with Crippen LogP contribution >= 0.6 is 11.8 Å². The minimum absolute atomic E-state index is 0.0898. The molecule has 0 aliphatic carbocycles. The second-order valence-electron chi connectivity index (χ2n) is 6.66. The molecule has 7 heteroatoms. The first-order valence-corrected chi connectivity index (χ1v) is 10.2. The Bertz CT molecular complexity index is 1180. The number of fused-ring (bicyclic) bond motifs is 3. The highest BCUT2D eigenvalue weighted by Crippen LogP contribution is 2.27. The summed E-state index contributed by atoms with van der Waals surface area (Å²) < 4.78 is 2.12. The van der Waals surface area contributed by atoms with Gasteiger partial charge in [0.15, 0.2) is 5.65 Å². The fourth-order valence-corrected chi connectivity index (χ4v) is 3.80. The lowest BCUT2D eigenvalue weighted by Gasteiger charge is -2.07. The number of aryl methyl sites for hydroxylation is 3. The average molecular weight is 392 g/mol. The molecule has 0 aliphatic rings. The van der Waals surface area contributed by atoms with Crippen LogP contribution < -0.4 is 5.32 Å². The number of rotatable bonds is 5. The number of carbonyl (C=O) groups is 1. The average Bonchev–Trinajstić information content (AvgIpc) is 3.02. The maximum Gasteiger partial charge on any atom is 0.234 e. The van der Waals surface area contributed by atoms with E-state index in [-0.39, 0.29) is 11.7 Å². The van der Waals surface area contributed by atoms with Gasteiger partial charge in [0.05, 0.1) is 11.3 Å². The first-order chi connectivity index (χ1) is 13.6. The highest BCUT2D eigenvalue weighted by Gasteiger charge is 2.14. The topological polar surface area (TPSA) is 72.7 Å². The van der Waals surface area contributed by atoms with Gasteiger partial charge in [0.1, 0.15) is 5.52 Å². The zero-order chi connectivity index (χ0) is 19.7. The molecule has 0 atom stereocenters. The van der Waals surface area contributed by atoms with Crippen LogP contribution in [0.4, 0.5) is 5.69 Å². The lowest BCUT2D eigenvalue weighted by Crippen LogP contribution is -2.14. The molecular weight excluding hydrogens is 370 g/mol. The van der Waals surface area contributed by atoms with E-state index >= 15 is 0 Å². The lowest BCUT2D eigenvalue weighted by atomic mass is 10.1. The molecule has 0 saturated carbocycles. The van der Waals surface area contributed by atoms with Gasteiger partial charge in [-0.3, -0.25) is 4.79 Å². The van der Waals surface area contributed by atoms with Gasteiger partial charge in [0.2, 0.25) is 11.1 Å². The molecule has 1 N–H and O–H groups in total. The maximum absolute atomic E-state index is 12.3. The smallest absolute Gasteiger partial charge is 0.234 e. The zero-order valence-corrected chi connectivity index (χ0v) is 16.9. The molecule has 0 spiro atoms. The van der Waals surface area contributed by atoms with E-state index in [9.17, 15) is 4.79 Å². The normalized spacial score (nSPS) is 11.2. The van der Waals surface area contributed by atoms with Crippen LogP contribution in [0.3, 0.4) is 0 Å². The number of anilines is 1. The van der Waals surface area contributed by atoms with E-state index in [2.05, 4.69) is 38.1 Å². The first kappa shape index (κ1) is 18.4.